The van der Waals surface area contributed by atoms with Crippen LogP contribution in [0.4, 0.5) is 5.69 Å². The highest BCUT2D eigenvalue weighted by Crippen LogP contribution is 2.26. The molecule has 1 N–H and O–H groups in total. The minimum atomic E-state index is 0.506. The van der Waals surface area contributed by atoms with Crippen LogP contribution in [-0.2, 0) is 0 Å². The summed E-state index contributed by atoms with van der Waals surface area (Å²) in [5.41, 5.74) is 4.55. The zero-order valence-electron chi connectivity index (χ0n) is 16.1. The van der Waals surface area contributed by atoms with Gasteiger partial charge in [-0.1, -0.05) is 43.2 Å². The Kier molecular flexibility index (Phi) is 6.83. The molecule has 0 unspecified atom stereocenters. The molecule has 0 aliphatic carbocycles. The van der Waals surface area contributed by atoms with Crippen LogP contribution in [0.3, 0.4) is 0 Å². The van der Waals surface area contributed by atoms with E-state index < -0.39 is 0 Å². The van der Waals surface area contributed by atoms with Gasteiger partial charge in [-0.05, 0) is 37.6 Å². The molecule has 4 nitrogen and oxygen atoms in total. The Morgan fingerprint density at radius 3 is 2.61 bits per heavy atom. The summed E-state index contributed by atoms with van der Waals surface area (Å²) < 4.78 is 5.67. The standard InChI is InChI=1S/C23H23N3OS/c1-3-4-13-27-21-11-9-20(10-12-21)25-15-19(14-24)23-26-22(16-28-23)18-7-5-17(2)6-8-18/h5-12,15-16,25H,3-4,13H2,1-2H3/b19-15-. The molecule has 0 radical (unpaired) electrons. The molecule has 3 aromatic rings. The lowest BCUT2D eigenvalue weighted by Crippen LogP contribution is -1.96. The van der Waals surface area contributed by atoms with Gasteiger partial charge in [0.1, 0.15) is 22.4 Å². The first-order valence-electron chi connectivity index (χ1n) is 9.32. The van der Waals surface area contributed by atoms with Gasteiger partial charge in [0.05, 0.1) is 12.3 Å². The summed E-state index contributed by atoms with van der Waals surface area (Å²) >= 11 is 1.47. The first kappa shape index (κ1) is 19.7. The molecule has 2 aromatic carbocycles. The van der Waals surface area contributed by atoms with Crippen LogP contribution < -0.4 is 10.1 Å². The average molecular weight is 390 g/mol. The molecule has 0 amide bonds. The number of rotatable bonds is 8. The number of allylic oxidation sites excluding steroid dienone is 1. The molecule has 0 spiro atoms. The number of hydrogen-bond acceptors (Lipinski definition) is 5. The summed E-state index contributed by atoms with van der Waals surface area (Å²) in [6, 6.07) is 18.2. The molecular formula is C23H23N3OS. The number of nitrogens with one attached hydrogen (secondary N) is 1. The van der Waals surface area contributed by atoms with Crippen LogP contribution in [0.2, 0.25) is 0 Å². The van der Waals surface area contributed by atoms with Gasteiger partial charge in [-0.25, -0.2) is 4.98 Å². The number of hydrogen-bond donors (Lipinski definition) is 1. The van der Waals surface area contributed by atoms with Crippen LogP contribution in [0, 0.1) is 18.3 Å². The van der Waals surface area contributed by atoms with E-state index in [2.05, 4.69) is 42.4 Å². The largest absolute Gasteiger partial charge is 0.494 e. The van der Waals surface area contributed by atoms with E-state index >= 15 is 0 Å². The van der Waals surface area contributed by atoms with Gasteiger partial charge < -0.3 is 10.1 Å². The zero-order valence-corrected chi connectivity index (χ0v) is 16.9. The lowest BCUT2D eigenvalue weighted by molar-refractivity contribution is 0.309. The van der Waals surface area contributed by atoms with Gasteiger partial charge in [0, 0.05) is 22.8 Å². The summed E-state index contributed by atoms with van der Waals surface area (Å²) in [6.45, 7) is 4.93. The molecule has 0 saturated carbocycles. The van der Waals surface area contributed by atoms with Crippen molar-refractivity contribution < 1.29 is 4.74 Å². The van der Waals surface area contributed by atoms with Crippen LogP contribution in [0.1, 0.15) is 30.3 Å². The molecule has 0 saturated heterocycles. The lowest BCUT2D eigenvalue weighted by Gasteiger charge is -2.06. The van der Waals surface area contributed by atoms with Gasteiger partial charge in [-0.3, -0.25) is 0 Å². The summed E-state index contributed by atoms with van der Waals surface area (Å²) in [5.74, 6) is 0.853. The number of aromatic nitrogens is 1. The molecule has 1 heterocycles. The molecule has 3 rings (SSSR count). The summed E-state index contributed by atoms with van der Waals surface area (Å²) in [6.07, 6.45) is 3.86. The Balaban J connectivity index is 1.67. The molecule has 0 atom stereocenters. The van der Waals surface area contributed by atoms with Crippen molar-refractivity contribution in [3.05, 3.63) is 70.7 Å². The molecule has 0 bridgehead atoms. The van der Waals surface area contributed by atoms with Gasteiger partial charge in [0.15, 0.2) is 0 Å². The maximum Gasteiger partial charge on any atom is 0.136 e. The minimum absolute atomic E-state index is 0.506. The highest BCUT2D eigenvalue weighted by atomic mass is 32.1. The Morgan fingerprint density at radius 2 is 1.93 bits per heavy atom. The van der Waals surface area contributed by atoms with Gasteiger partial charge in [-0.15, -0.1) is 11.3 Å². The molecule has 142 valence electrons. The van der Waals surface area contributed by atoms with Crippen LogP contribution in [0.5, 0.6) is 5.75 Å². The van der Waals surface area contributed by atoms with E-state index in [4.69, 9.17) is 4.74 Å². The van der Waals surface area contributed by atoms with Crippen molar-refractivity contribution in [3.63, 3.8) is 0 Å². The van der Waals surface area contributed by atoms with Crippen molar-refractivity contribution in [2.45, 2.75) is 26.7 Å². The molecule has 0 fully saturated rings. The van der Waals surface area contributed by atoms with E-state index in [0.717, 1.165) is 42.1 Å². The summed E-state index contributed by atoms with van der Waals surface area (Å²) in [4.78, 5) is 4.62. The monoisotopic (exact) mass is 389 g/mol. The van der Waals surface area contributed by atoms with E-state index in [9.17, 15) is 5.26 Å². The number of anilines is 1. The quantitative estimate of drug-likeness (QED) is 0.364. The Hall–Kier alpha value is -3.10. The number of nitriles is 1. The number of thiazole rings is 1. The van der Waals surface area contributed by atoms with Crippen molar-refractivity contribution in [2.75, 3.05) is 11.9 Å². The topological polar surface area (TPSA) is 57.9 Å². The van der Waals surface area contributed by atoms with Crippen molar-refractivity contribution in [3.8, 4) is 23.1 Å². The van der Waals surface area contributed by atoms with E-state index in [-0.39, 0.29) is 0 Å². The van der Waals surface area contributed by atoms with Gasteiger partial charge in [0.25, 0.3) is 0 Å². The highest BCUT2D eigenvalue weighted by Gasteiger charge is 2.09. The number of benzene rings is 2. The number of nitrogens with zero attached hydrogens (tertiary/aromatic N) is 2. The fourth-order valence-electron chi connectivity index (χ4n) is 2.53. The van der Waals surface area contributed by atoms with Crippen LogP contribution in [0.15, 0.2) is 60.1 Å². The minimum Gasteiger partial charge on any atom is -0.494 e. The Bertz CT molecular complexity index is 966. The van der Waals surface area contributed by atoms with Crippen molar-refractivity contribution in [1.29, 1.82) is 5.26 Å². The van der Waals surface area contributed by atoms with Crippen molar-refractivity contribution in [1.82, 2.24) is 4.98 Å². The van der Waals surface area contributed by atoms with E-state index in [1.54, 1.807) is 6.20 Å². The number of aryl methyl sites for hydroxylation is 1. The fourth-order valence-corrected chi connectivity index (χ4v) is 3.33. The number of unbranched alkanes of at least 4 members (excludes halogenated alkanes) is 1. The molecule has 5 heteroatoms. The Labute approximate surface area is 170 Å². The molecule has 28 heavy (non-hydrogen) atoms. The van der Waals surface area contributed by atoms with Crippen LogP contribution in [0.25, 0.3) is 16.8 Å². The molecule has 1 aromatic heterocycles. The third-order valence-corrected chi connectivity index (χ3v) is 5.08. The second kappa shape index (κ2) is 9.72. The Morgan fingerprint density at radius 1 is 1.18 bits per heavy atom. The number of ether oxygens (including phenoxy) is 1. The van der Waals surface area contributed by atoms with Gasteiger partial charge in [0.2, 0.25) is 0 Å². The van der Waals surface area contributed by atoms with Crippen molar-refractivity contribution >= 4 is 22.6 Å². The van der Waals surface area contributed by atoms with Gasteiger partial charge in [-0.2, -0.15) is 5.26 Å². The van der Waals surface area contributed by atoms with Crippen LogP contribution in [-0.4, -0.2) is 11.6 Å². The van der Waals surface area contributed by atoms with E-state index in [1.807, 2.05) is 41.8 Å². The SMILES string of the molecule is CCCCOc1ccc(N/C=C(/C#N)c2nc(-c3ccc(C)cc3)cs2)cc1. The molecule has 0 aliphatic heterocycles. The normalized spacial score (nSPS) is 11.1. The maximum atomic E-state index is 9.53. The third kappa shape index (κ3) is 5.21. The second-order valence-corrected chi connectivity index (χ2v) is 7.30. The molecule has 0 aliphatic rings. The van der Waals surface area contributed by atoms with Gasteiger partial charge >= 0.3 is 0 Å². The van der Waals surface area contributed by atoms with Crippen LogP contribution >= 0.6 is 11.3 Å². The van der Waals surface area contributed by atoms with E-state index in [1.165, 1.54) is 16.9 Å². The first-order valence-corrected chi connectivity index (χ1v) is 10.2. The zero-order chi connectivity index (χ0) is 19.8. The smallest absolute Gasteiger partial charge is 0.136 e. The predicted molar refractivity (Wildman–Crippen MR) is 116 cm³/mol. The second-order valence-electron chi connectivity index (χ2n) is 6.44. The highest BCUT2D eigenvalue weighted by molar-refractivity contribution is 7.11. The average Bonchev–Trinajstić information content (AvgIpc) is 3.20. The van der Waals surface area contributed by atoms with Crippen molar-refractivity contribution in [2.24, 2.45) is 0 Å². The maximum absolute atomic E-state index is 9.53. The third-order valence-electron chi connectivity index (χ3n) is 4.21. The fraction of sp³-hybridized carbons (Fsp3) is 0.217. The molecular weight excluding hydrogens is 366 g/mol. The summed E-state index contributed by atoms with van der Waals surface area (Å²) in [7, 11) is 0. The lowest BCUT2D eigenvalue weighted by atomic mass is 10.1. The summed E-state index contributed by atoms with van der Waals surface area (Å²) in [5, 5.41) is 15.4. The predicted octanol–water partition coefficient (Wildman–Crippen LogP) is 6.27. The van der Waals surface area contributed by atoms with E-state index in [0.29, 0.717) is 10.6 Å². The first-order chi connectivity index (χ1) is 13.7.